The third-order valence-corrected chi connectivity index (χ3v) is 9.43. The van der Waals surface area contributed by atoms with Crippen LogP contribution in [0.2, 0.25) is 0 Å². The maximum atomic E-state index is 2.33. The summed E-state index contributed by atoms with van der Waals surface area (Å²) < 4.78 is 0. The zero-order valence-electron chi connectivity index (χ0n) is 44.5. The zero-order chi connectivity index (χ0) is 48.3. The van der Waals surface area contributed by atoms with Gasteiger partial charge in [-0.25, -0.2) is 0 Å². The van der Waals surface area contributed by atoms with Crippen molar-refractivity contribution in [3.63, 3.8) is 0 Å². The van der Waals surface area contributed by atoms with E-state index in [1.54, 1.807) is 0 Å². The van der Waals surface area contributed by atoms with Gasteiger partial charge in [0.2, 0.25) is 0 Å². The van der Waals surface area contributed by atoms with Crippen LogP contribution in [0.1, 0.15) is 202 Å². The van der Waals surface area contributed by atoms with E-state index in [9.17, 15) is 0 Å². The van der Waals surface area contributed by atoms with Crippen molar-refractivity contribution in [2.45, 2.75) is 183 Å². The van der Waals surface area contributed by atoms with Crippen LogP contribution in [0.25, 0.3) is 44.5 Å². The van der Waals surface area contributed by atoms with Crippen molar-refractivity contribution in [3.05, 3.63) is 166 Å². The predicted octanol–water partition coefficient (Wildman–Crippen LogP) is 21.1. The second-order valence-corrected chi connectivity index (χ2v) is 13.7. The van der Waals surface area contributed by atoms with E-state index in [0.717, 1.165) is 25.7 Å². The number of hydrogen-bond acceptors (Lipinski definition) is 0. The van der Waals surface area contributed by atoms with E-state index in [0.29, 0.717) is 0 Å². The van der Waals surface area contributed by atoms with Crippen LogP contribution in [0.5, 0.6) is 0 Å². The fraction of sp³-hybridized carbons (Fsp3) is 0.429. The lowest BCUT2D eigenvalue weighted by atomic mass is 9.94. The molecule has 0 saturated carbocycles. The molecule has 0 radical (unpaired) electrons. The Balaban J connectivity index is 0. The van der Waals surface area contributed by atoms with Crippen LogP contribution in [-0.4, -0.2) is 0 Å². The van der Waals surface area contributed by atoms with Crippen LogP contribution >= 0.6 is 0 Å². The summed E-state index contributed by atoms with van der Waals surface area (Å²) in [6, 6.07) is 44.8. The Morgan fingerprint density at radius 1 is 0.222 bits per heavy atom. The van der Waals surface area contributed by atoms with Crippen LogP contribution < -0.4 is 0 Å². The summed E-state index contributed by atoms with van der Waals surface area (Å²) in [7, 11) is 0. The van der Waals surface area contributed by atoms with Crippen LogP contribution in [-0.2, 0) is 25.7 Å². The Hall–Kier alpha value is -4.68. The highest BCUT2D eigenvalue weighted by Crippen LogP contribution is 2.50. The normalized spacial score (nSPS) is 10.2. The molecule has 63 heavy (non-hydrogen) atoms. The molecular weight excluding hydrogens is 757 g/mol. The van der Waals surface area contributed by atoms with Crippen molar-refractivity contribution in [2.75, 3.05) is 0 Å². The largest absolute Gasteiger partial charge is 0.0683 e. The molecule has 0 amide bonds. The minimum Gasteiger partial charge on any atom is -0.0683 e. The topological polar surface area (TPSA) is 0 Å². The van der Waals surface area contributed by atoms with E-state index < -0.39 is 0 Å². The molecule has 4 aliphatic rings. The van der Waals surface area contributed by atoms with Crippen LogP contribution in [0.15, 0.2) is 121 Å². The average molecular weight is 851 g/mol. The number of fused-ring (bicyclic) bond motifs is 14. The standard InChI is InChI=1S/2C20H14.3C3H8.7C2H6/c2*1-3-7-17-13(5-1)11-15-9-10-16-12-14-6-2-4-8-18(14)20(16)19(15)17;3*1-3-2;7*1-2/h2*1-10H,11-12H2;3*3H2,1-2H3;7*1-2H3. The lowest BCUT2D eigenvalue weighted by Crippen LogP contribution is -1.86. The first-order valence-electron chi connectivity index (χ1n) is 25.7. The van der Waals surface area contributed by atoms with Crippen LogP contribution in [0.4, 0.5) is 0 Å². The fourth-order valence-corrected chi connectivity index (χ4v) is 7.69. The molecule has 6 aromatic carbocycles. The molecule has 0 aliphatic heterocycles. The Morgan fingerprint density at radius 2 is 0.365 bits per heavy atom. The first-order valence-corrected chi connectivity index (χ1v) is 25.7. The second-order valence-electron chi connectivity index (χ2n) is 13.7. The molecule has 0 aromatic heterocycles. The van der Waals surface area contributed by atoms with Crippen LogP contribution in [0, 0.1) is 0 Å². The average Bonchev–Trinajstić information content (AvgIpc) is 4.14. The van der Waals surface area contributed by atoms with Gasteiger partial charge in [-0.2, -0.15) is 0 Å². The van der Waals surface area contributed by atoms with Crippen molar-refractivity contribution in [2.24, 2.45) is 0 Å². The molecule has 0 heteroatoms. The van der Waals surface area contributed by atoms with Crippen molar-refractivity contribution >= 4 is 0 Å². The van der Waals surface area contributed by atoms with Gasteiger partial charge in [-0.3, -0.25) is 0 Å². The van der Waals surface area contributed by atoms with Gasteiger partial charge in [0.05, 0.1) is 0 Å². The molecule has 0 atom stereocenters. The summed E-state index contributed by atoms with van der Waals surface area (Å²) in [5, 5.41) is 0. The van der Waals surface area contributed by atoms with Crippen molar-refractivity contribution in [3.8, 4) is 44.5 Å². The summed E-state index contributed by atoms with van der Waals surface area (Å²) in [6.07, 6.45) is 8.09. The summed E-state index contributed by atoms with van der Waals surface area (Å²) in [4.78, 5) is 0. The minimum atomic E-state index is 1.08. The Labute approximate surface area is 392 Å². The van der Waals surface area contributed by atoms with Gasteiger partial charge in [0, 0.05) is 0 Å². The second kappa shape index (κ2) is 36.8. The van der Waals surface area contributed by atoms with Gasteiger partial charge in [-0.15, -0.1) is 0 Å². The molecule has 4 aliphatic carbocycles. The molecule has 0 saturated heterocycles. The summed E-state index contributed by atoms with van der Waals surface area (Å²) in [5.41, 5.74) is 23.6. The van der Waals surface area contributed by atoms with E-state index in [1.165, 1.54) is 108 Å². The third kappa shape index (κ3) is 15.8. The third-order valence-electron chi connectivity index (χ3n) is 9.43. The van der Waals surface area contributed by atoms with Gasteiger partial charge in [0.1, 0.15) is 0 Å². The molecule has 0 unspecified atom stereocenters. The van der Waals surface area contributed by atoms with E-state index in [-0.39, 0.29) is 0 Å². The van der Waals surface area contributed by atoms with Gasteiger partial charge in [-0.05, 0) is 115 Å². The van der Waals surface area contributed by atoms with Gasteiger partial charge in [-0.1, -0.05) is 279 Å². The first kappa shape index (κ1) is 60.4. The van der Waals surface area contributed by atoms with E-state index in [1.807, 2.05) is 96.9 Å². The quantitative estimate of drug-likeness (QED) is 0.143. The van der Waals surface area contributed by atoms with E-state index in [2.05, 4.69) is 163 Å². The minimum absolute atomic E-state index is 1.08. The monoisotopic (exact) mass is 851 g/mol. The van der Waals surface area contributed by atoms with E-state index >= 15 is 0 Å². The van der Waals surface area contributed by atoms with Gasteiger partial charge >= 0.3 is 0 Å². The van der Waals surface area contributed by atoms with Gasteiger partial charge < -0.3 is 0 Å². The van der Waals surface area contributed by atoms with E-state index in [4.69, 9.17) is 0 Å². The molecule has 0 bridgehead atoms. The number of benzene rings is 6. The molecule has 0 N–H and O–H groups in total. The van der Waals surface area contributed by atoms with Gasteiger partial charge in [0.15, 0.2) is 0 Å². The first-order chi connectivity index (χ1) is 31.1. The van der Waals surface area contributed by atoms with Crippen LogP contribution in [0.3, 0.4) is 0 Å². The summed E-state index contributed by atoms with van der Waals surface area (Å²) in [6.45, 7) is 40.8. The SMILES string of the molecule is CC.CC.CC.CC.CC.CC.CC.CCC.CCC.CCC.c1ccc2c(c1)Cc1ccc3c(c1-2)-c1ccccc1C3.c1ccc2c(c1)Cc1ccc3c(c1-2)-c1ccccc1C3. The smallest absolute Gasteiger partial charge is 0.00132 e. The number of hydrogen-bond donors (Lipinski definition) is 0. The molecule has 6 aromatic rings. The van der Waals surface area contributed by atoms with Crippen molar-refractivity contribution in [1.82, 2.24) is 0 Å². The molecule has 0 nitrogen and oxygen atoms in total. The fourth-order valence-electron chi connectivity index (χ4n) is 7.69. The molecule has 0 heterocycles. The summed E-state index contributed by atoms with van der Waals surface area (Å²) >= 11 is 0. The number of rotatable bonds is 0. The molecule has 10 rings (SSSR count). The Morgan fingerprint density at radius 3 is 0.524 bits per heavy atom. The maximum Gasteiger partial charge on any atom is -0.00132 e. The highest BCUT2D eigenvalue weighted by atomic mass is 14.3. The molecule has 346 valence electrons. The molecule has 0 fully saturated rings. The Kier molecular flexibility index (Phi) is 35.3. The maximum absolute atomic E-state index is 2.33. The highest BCUT2D eigenvalue weighted by Gasteiger charge is 2.29. The molecular formula is C63H94. The summed E-state index contributed by atoms with van der Waals surface area (Å²) in [5.74, 6) is 0. The lowest BCUT2D eigenvalue weighted by molar-refractivity contribution is 1.09. The van der Waals surface area contributed by atoms with Gasteiger partial charge in [0.25, 0.3) is 0 Å². The van der Waals surface area contributed by atoms with Crippen molar-refractivity contribution < 1.29 is 0 Å². The molecule has 0 spiro atoms. The predicted molar refractivity (Wildman–Crippen MR) is 293 cm³/mol. The Bertz CT molecular complexity index is 1760. The highest BCUT2D eigenvalue weighted by molar-refractivity contribution is 5.96. The van der Waals surface area contributed by atoms with Crippen molar-refractivity contribution in [1.29, 1.82) is 0 Å². The zero-order valence-corrected chi connectivity index (χ0v) is 44.5. The lowest BCUT2D eigenvalue weighted by Gasteiger charge is -2.10.